The second-order valence-corrected chi connectivity index (χ2v) is 5.64. The van der Waals surface area contributed by atoms with Gasteiger partial charge in [0.15, 0.2) is 0 Å². The van der Waals surface area contributed by atoms with E-state index in [2.05, 4.69) is 18.8 Å². The Balaban J connectivity index is 2.29. The van der Waals surface area contributed by atoms with Crippen molar-refractivity contribution in [2.75, 3.05) is 19.0 Å². The van der Waals surface area contributed by atoms with Crippen molar-refractivity contribution in [2.45, 2.75) is 25.9 Å². The fourth-order valence-corrected chi connectivity index (χ4v) is 2.35. The highest BCUT2D eigenvalue weighted by atomic mass is 16.3. The van der Waals surface area contributed by atoms with Gasteiger partial charge >= 0.3 is 0 Å². The second-order valence-electron chi connectivity index (χ2n) is 5.64. The van der Waals surface area contributed by atoms with Crippen LogP contribution in [0.15, 0.2) is 30.5 Å². The first-order valence-electron chi connectivity index (χ1n) is 6.88. The summed E-state index contributed by atoms with van der Waals surface area (Å²) < 4.78 is 1.98. The van der Waals surface area contributed by atoms with Crippen LogP contribution in [0, 0.1) is 0 Å². The van der Waals surface area contributed by atoms with E-state index in [1.807, 2.05) is 54.9 Å². The Morgan fingerprint density at radius 2 is 1.75 bits per heavy atom. The fourth-order valence-electron chi connectivity index (χ4n) is 2.35. The number of aromatic nitrogens is 2. The molecule has 1 atom stereocenters. The van der Waals surface area contributed by atoms with Gasteiger partial charge in [-0.1, -0.05) is 26.0 Å². The van der Waals surface area contributed by atoms with Crippen LogP contribution in [0.5, 0.6) is 0 Å². The molecular formula is C16H23N3O. The quantitative estimate of drug-likeness (QED) is 0.931. The van der Waals surface area contributed by atoms with Crippen LogP contribution < -0.4 is 4.90 Å². The van der Waals surface area contributed by atoms with Crippen LogP contribution in [-0.4, -0.2) is 28.8 Å². The standard InChI is InChI=1S/C16H23N3O/c1-11(2)16-17-10-14(19(16)5)15(20)12-6-8-13(9-7-12)18(3)4/h6-11,15,20H,1-5H3. The Labute approximate surface area is 120 Å². The number of benzene rings is 1. The predicted molar refractivity (Wildman–Crippen MR) is 82.1 cm³/mol. The number of anilines is 1. The van der Waals surface area contributed by atoms with Gasteiger partial charge in [-0.25, -0.2) is 4.98 Å². The van der Waals surface area contributed by atoms with Gasteiger partial charge in [0.25, 0.3) is 0 Å². The lowest BCUT2D eigenvalue weighted by Crippen LogP contribution is -2.10. The molecule has 4 heteroatoms. The molecule has 0 saturated heterocycles. The third-order valence-corrected chi connectivity index (χ3v) is 3.58. The summed E-state index contributed by atoms with van der Waals surface area (Å²) in [5.41, 5.74) is 2.83. The maximum Gasteiger partial charge on any atom is 0.121 e. The number of nitrogens with zero attached hydrogens (tertiary/aromatic N) is 3. The summed E-state index contributed by atoms with van der Waals surface area (Å²) in [4.78, 5) is 6.44. The Kier molecular flexibility index (Phi) is 4.14. The molecule has 1 N–H and O–H groups in total. The van der Waals surface area contributed by atoms with Crippen molar-refractivity contribution in [3.8, 4) is 0 Å². The molecule has 0 bridgehead atoms. The van der Waals surface area contributed by atoms with Crippen molar-refractivity contribution in [3.05, 3.63) is 47.5 Å². The summed E-state index contributed by atoms with van der Waals surface area (Å²) in [7, 11) is 5.96. The molecule has 0 radical (unpaired) electrons. The Hall–Kier alpha value is -1.81. The molecule has 0 saturated carbocycles. The van der Waals surface area contributed by atoms with E-state index in [1.165, 1.54) is 0 Å². The van der Waals surface area contributed by atoms with E-state index in [4.69, 9.17) is 0 Å². The first-order chi connectivity index (χ1) is 9.41. The van der Waals surface area contributed by atoms with E-state index >= 15 is 0 Å². The van der Waals surface area contributed by atoms with Gasteiger partial charge in [0.05, 0.1) is 11.9 Å². The maximum atomic E-state index is 10.5. The molecule has 4 nitrogen and oxygen atoms in total. The van der Waals surface area contributed by atoms with Gasteiger partial charge in [-0.3, -0.25) is 0 Å². The smallest absolute Gasteiger partial charge is 0.121 e. The normalized spacial score (nSPS) is 12.8. The Bertz CT molecular complexity index is 570. The van der Waals surface area contributed by atoms with Crippen LogP contribution in [-0.2, 0) is 7.05 Å². The average molecular weight is 273 g/mol. The molecule has 0 aliphatic heterocycles. The molecule has 1 aromatic carbocycles. The minimum absolute atomic E-state index is 0.345. The molecule has 0 aliphatic carbocycles. The minimum Gasteiger partial charge on any atom is -0.382 e. The zero-order valence-electron chi connectivity index (χ0n) is 12.8. The van der Waals surface area contributed by atoms with Gasteiger partial charge in [-0.2, -0.15) is 0 Å². The lowest BCUT2D eigenvalue weighted by Gasteiger charge is -2.16. The molecule has 1 aromatic heterocycles. The van der Waals surface area contributed by atoms with Crippen LogP contribution in [0.4, 0.5) is 5.69 Å². The van der Waals surface area contributed by atoms with E-state index in [0.717, 1.165) is 22.8 Å². The van der Waals surface area contributed by atoms with E-state index in [-0.39, 0.29) is 0 Å². The van der Waals surface area contributed by atoms with Crippen molar-refractivity contribution < 1.29 is 5.11 Å². The van der Waals surface area contributed by atoms with E-state index < -0.39 is 6.10 Å². The third-order valence-electron chi connectivity index (χ3n) is 3.58. The van der Waals surface area contributed by atoms with Crippen molar-refractivity contribution >= 4 is 5.69 Å². The van der Waals surface area contributed by atoms with Crippen LogP contribution in [0.2, 0.25) is 0 Å². The van der Waals surface area contributed by atoms with E-state index in [0.29, 0.717) is 5.92 Å². The number of rotatable bonds is 4. The number of hydrogen-bond donors (Lipinski definition) is 1. The summed E-state index contributed by atoms with van der Waals surface area (Å²) in [5.74, 6) is 1.33. The highest BCUT2D eigenvalue weighted by Gasteiger charge is 2.18. The van der Waals surface area contributed by atoms with Crippen molar-refractivity contribution in [1.29, 1.82) is 0 Å². The largest absolute Gasteiger partial charge is 0.382 e. The lowest BCUT2D eigenvalue weighted by molar-refractivity contribution is 0.211. The lowest BCUT2D eigenvalue weighted by atomic mass is 10.1. The molecule has 1 heterocycles. The van der Waals surface area contributed by atoms with Gasteiger partial charge in [-0.05, 0) is 17.7 Å². The molecule has 0 amide bonds. The van der Waals surface area contributed by atoms with Crippen molar-refractivity contribution in [1.82, 2.24) is 9.55 Å². The summed E-state index contributed by atoms with van der Waals surface area (Å²) in [6.07, 6.45) is 1.12. The van der Waals surface area contributed by atoms with Crippen molar-refractivity contribution in [3.63, 3.8) is 0 Å². The highest BCUT2D eigenvalue weighted by molar-refractivity contribution is 5.47. The summed E-state index contributed by atoms with van der Waals surface area (Å²) in [6, 6.07) is 7.95. The zero-order valence-corrected chi connectivity index (χ0v) is 12.8. The molecule has 0 spiro atoms. The molecule has 2 rings (SSSR count). The second kappa shape index (κ2) is 5.67. The molecule has 2 aromatic rings. The van der Waals surface area contributed by atoms with Gasteiger partial charge in [0, 0.05) is 32.7 Å². The summed E-state index contributed by atoms with van der Waals surface area (Å²) in [6.45, 7) is 4.20. The first-order valence-corrected chi connectivity index (χ1v) is 6.88. The molecule has 1 unspecified atom stereocenters. The SMILES string of the molecule is CC(C)c1ncc(C(O)c2ccc(N(C)C)cc2)n1C. The molecule has 0 aliphatic rings. The topological polar surface area (TPSA) is 41.3 Å². The van der Waals surface area contributed by atoms with Gasteiger partial charge < -0.3 is 14.6 Å². The summed E-state index contributed by atoms with van der Waals surface area (Å²) >= 11 is 0. The highest BCUT2D eigenvalue weighted by Crippen LogP contribution is 2.25. The zero-order chi connectivity index (χ0) is 14.9. The average Bonchev–Trinajstić information content (AvgIpc) is 2.80. The van der Waals surface area contributed by atoms with Crippen LogP contribution in [0.1, 0.15) is 43.0 Å². The van der Waals surface area contributed by atoms with Gasteiger partial charge in [-0.15, -0.1) is 0 Å². The van der Waals surface area contributed by atoms with Crippen LogP contribution in [0.25, 0.3) is 0 Å². The number of hydrogen-bond acceptors (Lipinski definition) is 3. The molecule has 0 fully saturated rings. The van der Waals surface area contributed by atoms with E-state index in [1.54, 1.807) is 6.20 Å². The van der Waals surface area contributed by atoms with Crippen molar-refractivity contribution in [2.24, 2.45) is 7.05 Å². The van der Waals surface area contributed by atoms with Crippen LogP contribution in [0.3, 0.4) is 0 Å². The Morgan fingerprint density at radius 1 is 1.15 bits per heavy atom. The minimum atomic E-state index is -0.642. The van der Waals surface area contributed by atoms with Gasteiger partial charge in [0.2, 0.25) is 0 Å². The monoisotopic (exact) mass is 273 g/mol. The predicted octanol–water partition coefficient (Wildman–Crippen LogP) is 2.69. The number of aliphatic hydroxyl groups is 1. The number of imidazole rings is 1. The maximum absolute atomic E-state index is 10.5. The number of aliphatic hydroxyl groups excluding tert-OH is 1. The fraction of sp³-hybridized carbons (Fsp3) is 0.438. The summed E-state index contributed by atoms with van der Waals surface area (Å²) in [5, 5.41) is 10.5. The molecular weight excluding hydrogens is 250 g/mol. The third kappa shape index (κ3) is 2.70. The van der Waals surface area contributed by atoms with Crippen LogP contribution >= 0.6 is 0 Å². The Morgan fingerprint density at radius 3 is 2.20 bits per heavy atom. The van der Waals surface area contributed by atoms with E-state index in [9.17, 15) is 5.11 Å². The first kappa shape index (κ1) is 14.6. The molecule has 20 heavy (non-hydrogen) atoms. The molecule has 108 valence electrons. The van der Waals surface area contributed by atoms with Gasteiger partial charge in [0.1, 0.15) is 11.9 Å².